The summed E-state index contributed by atoms with van der Waals surface area (Å²) in [6.45, 7) is 4.45. The number of amides is 1. The van der Waals surface area contributed by atoms with Gasteiger partial charge in [-0.15, -0.1) is 11.8 Å². The molecule has 1 amide bonds. The average molecular weight is 424 g/mol. The van der Waals surface area contributed by atoms with E-state index < -0.39 is 36.5 Å². The molecule has 1 aromatic rings. The molecule has 0 unspecified atom stereocenters. The van der Waals surface area contributed by atoms with E-state index in [1.165, 1.54) is 16.7 Å². The van der Waals surface area contributed by atoms with Gasteiger partial charge in [0, 0.05) is 16.7 Å². The molecule has 0 aromatic heterocycles. The molecule has 4 N–H and O–H groups in total. The molecule has 1 aromatic carbocycles. The number of thioether (sulfide) groups is 1. The number of anilines is 1. The number of hydrogen-bond acceptors (Lipinski definition) is 6. The van der Waals surface area contributed by atoms with Crippen LogP contribution in [0.1, 0.15) is 33.1 Å². The molecule has 1 heterocycles. The van der Waals surface area contributed by atoms with Gasteiger partial charge in [-0.3, -0.25) is 24.6 Å². The first-order valence-corrected chi connectivity index (χ1v) is 10.8. The summed E-state index contributed by atoms with van der Waals surface area (Å²) < 4.78 is 0. The van der Waals surface area contributed by atoms with Crippen molar-refractivity contribution in [1.29, 1.82) is 0 Å². The molecule has 160 valence electrons. The summed E-state index contributed by atoms with van der Waals surface area (Å²) in [4.78, 5) is 38.1. The van der Waals surface area contributed by atoms with Gasteiger partial charge in [0.1, 0.15) is 12.6 Å². The standard InChI is InChI=1S/C20H29N3O5S/c1-13(2)21-10-6-5-7-14(20(27)28)22-15-12-29-17-9-4-3-8-16(17)23(19(15)26)11-18(24)25/h3-4,8-9,13-15,21-22H,5-7,10-12H2,1-2H3,(H,24,25)(H,27,28)/t14-,15-/m0/s1. The second-order valence-electron chi connectivity index (χ2n) is 7.31. The molecular weight excluding hydrogens is 394 g/mol. The third-order valence-electron chi connectivity index (χ3n) is 4.59. The van der Waals surface area contributed by atoms with Crippen LogP contribution in [0.15, 0.2) is 29.2 Å². The highest BCUT2D eigenvalue weighted by Crippen LogP contribution is 2.34. The molecule has 2 rings (SSSR count). The maximum absolute atomic E-state index is 13.0. The second-order valence-corrected chi connectivity index (χ2v) is 8.37. The lowest BCUT2D eigenvalue weighted by Crippen LogP contribution is -2.53. The zero-order valence-corrected chi connectivity index (χ0v) is 17.6. The number of nitrogens with one attached hydrogen (secondary N) is 2. The number of aliphatic carboxylic acids is 2. The fourth-order valence-electron chi connectivity index (χ4n) is 3.16. The smallest absolute Gasteiger partial charge is 0.323 e. The molecule has 0 fully saturated rings. The summed E-state index contributed by atoms with van der Waals surface area (Å²) in [5.41, 5.74) is 0.542. The number of rotatable bonds is 11. The Balaban J connectivity index is 2.06. The number of carbonyl (C=O) groups excluding carboxylic acids is 1. The Hall–Kier alpha value is -2.10. The van der Waals surface area contributed by atoms with Crippen LogP contribution in [-0.2, 0) is 14.4 Å². The first-order valence-electron chi connectivity index (χ1n) is 9.76. The largest absolute Gasteiger partial charge is 0.480 e. The number of para-hydroxylation sites is 1. The Morgan fingerprint density at radius 1 is 1.24 bits per heavy atom. The van der Waals surface area contributed by atoms with Crippen LogP contribution in [0.2, 0.25) is 0 Å². The van der Waals surface area contributed by atoms with Gasteiger partial charge in [-0.2, -0.15) is 0 Å². The first kappa shape index (κ1) is 23.2. The van der Waals surface area contributed by atoms with Gasteiger partial charge < -0.3 is 15.5 Å². The van der Waals surface area contributed by atoms with E-state index in [0.29, 0.717) is 30.3 Å². The Kier molecular flexibility index (Phi) is 8.94. The molecule has 1 aliphatic heterocycles. The van der Waals surface area contributed by atoms with E-state index in [1.54, 1.807) is 12.1 Å². The summed E-state index contributed by atoms with van der Waals surface area (Å²) in [6.07, 6.45) is 1.94. The third kappa shape index (κ3) is 7.02. The number of nitrogens with zero attached hydrogens (tertiary/aromatic N) is 1. The topological polar surface area (TPSA) is 119 Å². The monoisotopic (exact) mass is 423 g/mol. The van der Waals surface area contributed by atoms with Crippen LogP contribution in [0.4, 0.5) is 5.69 Å². The van der Waals surface area contributed by atoms with Gasteiger partial charge in [-0.05, 0) is 31.5 Å². The van der Waals surface area contributed by atoms with Crippen molar-refractivity contribution in [2.24, 2.45) is 0 Å². The molecule has 0 aliphatic carbocycles. The molecule has 0 spiro atoms. The van der Waals surface area contributed by atoms with Crippen molar-refractivity contribution in [3.05, 3.63) is 24.3 Å². The number of carboxylic acids is 2. The predicted octanol–water partition coefficient (Wildman–Crippen LogP) is 1.79. The van der Waals surface area contributed by atoms with Crippen molar-refractivity contribution in [3.63, 3.8) is 0 Å². The Morgan fingerprint density at radius 2 is 1.97 bits per heavy atom. The van der Waals surface area contributed by atoms with Crippen LogP contribution >= 0.6 is 11.8 Å². The van der Waals surface area contributed by atoms with Gasteiger partial charge in [0.05, 0.1) is 11.7 Å². The van der Waals surface area contributed by atoms with Crippen LogP contribution in [0.25, 0.3) is 0 Å². The Bertz CT molecular complexity index is 728. The quantitative estimate of drug-likeness (QED) is 0.398. The van der Waals surface area contributed by atoms with Crippen molar-refractivity contribution in [3.8, 4) is 0 Å². The summed E-state index contributed by atoms with van der Waals surface area (Å²) in [6, 6.07) is 5.86. The minimum Gasteiger partial charge on any atom is -0.480 e. The van der Waals surface area contributed by atoms with Crippen molar-refractivity contribution < 1.29 is 24.6 Å². The van der Waals surface area contributed by atoms with Gasteiger partial charge in [0.2, 0.25) is 5.91 Å². The highest BCUT2D eigenvalue weighted by Gasteiger charge is 2.34. The lowest BCUT2D eigenvalue weighted by Gasteiger charge is -2.26. The van der Waals surface area contributed by atoms with E-state index in [0.717, 1.165) is 17.9 Å². The minimum atomic E-state index is -1.12. The van der Waals surface area contributed by atoms with E-state index in [1.807, 2.05) is 12.1 Å². The average Bonchev–Trinajstić information content (AvgIpc) is 2.78. The Labute approximate surface area is 175 Å². The van der Waals surface area contributed by atoms with Crippen LogP contribution in [0.3, 0.4) is 0 Å². The summed E-state index contributed by atoms with van der Waals surface area (Å²) in [5, 5.41) is 25.1. The summed E-state index contributed by atoms with van der Waals surface area (Å²) in [5.74, 6) is -2.21. The lowest BCUT2D eigenvalue weighted by molar-refractivity contribution is -0.140. The molecule has 0 radical (unpaired) electrons. The highest BCUT2D eigenvalue weighted by atomic mass is 32.2. The SMILES string of the molecule is CC(C)NCCCC[C@H](N[C@H]1CSc2ccccc2N(CC(=O)O)C1=O)C(=O)O. The molecule has 0 bridgehead atoms. The van der Waals surface area contributed by atoms with Crippen molar-refractivity contribution in [1.82, 2.24) is 10.6 Å². The van der Waals surface area contributed by atoms with Crippen LogP contribution in [-0.4, -0.2) is 65.0 Å². The molecule has 9 heteroatoms. The zero-order valence-electron chi connectivity index (χ0n) is 16.8. The number of unbranched alkanes of at least 4 members (excludes halogenated alkanes) is 1. The predicted molar refractivity (Wildman–Crippen MR) is 112 cm³/mol. The third-order valence-corrected chi connectivity index (χ3v) is 5.75. The fourth-order valence-corrected chi connectivity index (χ4v) is 4.24. The Morgan fingerprint density at radius 3 is 2.62 bits per heavy atom. The normalized spacial score (nSPS) is 17.7. The van der Waals surface area contributed by atoms with Crippen molar-refractivity contribution >= 4 is 35.3 Å². The van der Waals surface area contributed by atoms with E-state index in [4.69, 9.17) is 0 Å². The minimum absolute atomic E-state index is 0.338. The molecule has 2 atom stereocenters. The highest BCUT2D eigenvalue weighted by molar-refractivity contribution is 7.99. The maximum Gasteiger partial charge on any atom is 0.323 e. The number of fused-ring (bicyclic) bond motifs is 1. The van der Waals surface area contributed by atoms with Gasteiger partial charge >= 0.3 is 11.9 Å². The fraction of sp³-hybridized carbons (Fsp3) is 0.550. The zero-order chi connectivity index (χ0) is 21.4. The van der Waals surface area contributed by atoms with Gasteiger partial charge in [-0.25, -0.2) is 0 Å². The van der Waals surface area contributed by atoms with E-state index in [2.05, 4.69) is 24.5 Å². The van der Waals surface area contributed by atoms with E-state index in [9.17, 15) is 24.6 Å². The number of benzene rings is 1. The molecule has 1 aliphatic rings. The molecule has 0 saturated heterocycles. The molecule has 0 saturated carbocycles. The van der Waals surface area contributed by atoms with Gasteiger partial charge in [0.25, 0.3) is 0 Å². The first-order chi connectivity index (χ1) is 13.8. The van der Waals surface area contributed by atoms with Crippen molar-refractivity contribution in [2.75, 3.05) is 23.7 Å². The van der Waals surface area contributed by atoms with Gasteiger partial charge in [0.15, 0.2) is 0 Å². The molecule has 8 nitrogen and oxygen atoms in total. The summed E-state index contributed by atoms with van der Waals surface area (Å²) in [7, 11) is 0. The lowest BCUT2D eigenvalue weighted by atomic mass is 10.1. The van der Waals surface area contributed by atoms with E-state index >= 15 is 0 Å². The molecular formula is C20H29N3O5S. The van der Waals surface area contributed by atoms with Crippen LogP contribution in [0.5, 0.6) is 0 Å². The van der Waals surface area contributed by atoms with E-state index in [-0.39, 0.29) is 0 Å². The van der Waals surface area contributed by atoms with Gasteiger partial charge in [-0.1, -0.05) is 32.4 Å². The van der Waals surface area contributed by atoms with Crippen LogP contribution in [0, 0.1) is 0 Å². The number of hydrogen-bond donors (Lipinski definition) is 4. The maximum atomic E-state index is 13.0. The summed E-state index contributed by atoms with van der Waals surface area (Å²) >= 11 is 1.42. The second kappa shape index (κ2) is 11.2. The number of carbonyl (C=O) groups is 3. The molecule has 29 heavy (non-hydrogen) atoms. The van der Waals surface area contributed by atoms with Crippen molar-refractivity contribution in [2.45, 2.75) is 56.1 Å². The number of carboxylic acid groups (broad SMARTS) is 2. The van der Waals surface area contributed by atoms with Crippen LogP contribution < -0.4 is 15.5 Å².